The Morgan fingerprint density at radius 2 is 1.84 bits per heavy atom. The molecule has 0 N–H and O–H groups in total. The lowest BCUT2D eigenvalue weighted by Gasteiger charge is -2.20. The van der Waals surface area contributed by atoms with Crippen molar-refractivity contribution in [2.24, 2.45) is 10.2 Å². The maximum Gasteiger partial charge on any atom is 0.573 e. The van der Waals surface area contributed by atoms with Crippen molar-refractivity contribution in [2.45, 2.75) is 39.5 Å². The number of halogens is 4. The number of rotatable bonds is 8. The average Bonchev–Trinajstić information content (AvgIpc) is 3.56. The van der Waals surface area contributed by atoms with Crippen molar-refractivity contribution < 1.29 is 27.1 Å². The lowest BCUT2D eigenvalue weighted by Crippen LogP contribution is -2.30. The van der Waals surface area contributed by atoms with Crippen LogP contribution in [-0.2, 0) is 11.2 Å². The van der Waals surface area contributed by atoms with E-state index in [1.807, 2.05) is 31.2 Å². The van der Waals surface area contributed by atoms with Crippen LogP contribution in [0.1, 0.15) is 43.6 Å². The van der Waals surface area contributed by atoms with E-state index in [1.54, 1.807) is 11.0 Å². The molecule has 1 aromatic heterocycles. The summed E-state index contributed by atoms with van der Waals surface area (Å²) in [7, 11) is 0. The predicted octanol–water partition coefficient (Wildman–Crippen LogP) is 7.13. The van der Waals surface area contributed by atoms with E-state index < -0.39 is 12.2 Å². The van der Waals surface area contributed by atoms with Gasteiger partial charge in [-0.2, -0.15) is 5.10 Å². The van der Waals surface area contributed by atoms with Crippen LogP contribution in [0.15, 0.2) is 76.9 Å². The maximum atomic E-state index is 15.2. The quantitative estimate of drug-likeness (QED) is 0.120. The molecule has 0 atom stereocenters. The van der Waals surface area contributed by atoms with Crippen LogP contribution in [0, 0.1) is 5.82 Å². The summed E-state index contributed by atoms with van der Waals surface area (Å²) in [5.74, 6) is 0.00805. The van der Waals surface area contributed by atoms with Crippen LogP contribution in [0.4, 0.5) is 23.2 Å². The molecule has 1 saturated heterocycles. The van der Waals surface area contributed by atoms with Crippen LogP contribution in [0.2, 0.25) is 0 Å². The number of nitrogens with zero attached hydrogens (tertiary/aromatic N) is 6. The maximum absolute atomic E-state index is 15.2. The number of para-hydroxylation sites is 1. The Morgan fingerprint density at radius 1 is 1.09 bits per heavy atom. The number of anilines is 1. The van der Waals surface area contributed by atoms with E-state index in [-0.39, 0.29) is 34.7 Å². The number of amides is 1. The van der Waals surface area contributed by atoms with Gasteiger partial charge in [0.15, 0.2) is 11.0 Å². The Kier molecular flexibility index (Phi) is 8.62. The molecule has 4 aromatic rings. The standard InChI is InChI=1S/C30H26F4N6O2S/c1-4-26-36-28(38-40(26)20-10-12-21(13-11-20)42-30(32,33)34)23-14-9-19(15-24(23)31)16-35-37-29-39(27(41)17-43-29)25-8-6-5-7-22(25)18(2)3/h5-16,18H,4,17H2,1-3H3. The third-order valence-corrected chi connectivity index (χ3v) is 7.37. The van der Waals surface area contributed by atoms with Crippen molar-refractivity contribution in [1.82, 2.24) is 14.8 Å². The van der Waals surface area contributed by atoms with E-state index in [4.69, 9.17) is 0 Å². The number of benzene rings is 3. The highest BCUT2D eigenvalue weighted by Gasteiger charge is 2.32. The predicted molar refractivity (Wildman–Crippen MR) is 158 cm³/mol. The molecule has 3 aromatic carbocycles. The van der Waals surface area contributed by atoms with E-state index in [9.17, 15) is 18.0 Å². The first kappa shape index (κ1) is 30.0. The van der Waals surface area contributed by atoms with Crippen LogP contribution in [-0.4, -0.2) is 44.2 Å². The Morgan fingerprint density at radius 3 is 2.51 bits per heavy atom. The van der Waals surface area contributed by atoms with Crippen molar-refractivity contribution in [3.8, 4) is 22.8 Å². The molecule has 0 unspecified atom stereocenters. The van der Waals surface area contributed by atoms with Gasteiger partial charge in [0.2, 0.25) is 5.91 Å². The van der Waals surface area contributed by atoms with Crippen molar-refractivity contribution in [2.75, 3.05) is 10.7 Å². The summed E-state index contributed by atoms with van der Waals surface area (Å²) in [6.45, 7) is 5.94. The summed E-state index contributed by atoms with van der Waals surface area (Å²) < 4.78 is 58.1. The van der Waals surface area contributed by atoms with E-state index >= 15 is 4.39 Å². The zero-order valence-corrected chi connectivity index (χ0v) is 24.2. The normalized spacial score (nSPS) is 14.9. The van der Waals surface area contributed by atoms with Crippen LogP contribution in [0.3, 0.4) is 0 Å². The van der Waals surface area contributed by atoms with Gasteiger partial charge >= 0.3 is 6.36 Å². The second-order valence-electron chi connectivity index (χ2n) is 9.76. The van der Waals surface area contributed by atoms with Gasteiger partial charge in [0.1, 0.15) is 17.4 Å². The van der Waals surface area contributed by atoms with Gasteiger partial charge in [0.25, 0.3) is 0 Å². The van der Waals surface area contributed by atoms with Crippen LogP contribution >= 0.6 is 11.8 Å². The Hall–Kier alpha value is -4.52. The summed E-state index contributed by atoms with van der Waals surface area (Å²) in [6.07, 6.45) is -2.96. The fraction of sp³-hybridized carbons (Fsp3) is 0.233. The van der Waals surface area contributed by atoms with Crippen molar-refractivity contribution >= 4 is 34.7 Å². The van der Waals surface area contributed by atoms with Gasteiger partial charge in [-0.3, -0.25) is 9.69 Å². The zero-order chi connectivity index (χ0) is 30.7. The molecule has 0 saturated carbocycles. The number of thioether (sulfide) groups is 1. The first-order valence-electron chi connectivity index (χ1n) is 13.3. The minimum atomic E-state index is -4.80. The molecule has 13 heteroatoms. The first-order valence-corrected chi connectivity index (χ1v) is 14.3. The van der Waals surface area contributed by atoms with Crippen molar-refractivity contribution in [3.63, 3.8) is 0 Å². The number of hydrogen-bond acceptors (Lipinski definition) is 7. The Balaban J connectivity index is 1.36. The lowest BCUT2D eigenvalue weighted by atomic mass is 10.0. The van der Waals surface area contributed by atoms with Gasteiger partial charge in [-0.15, -0.1) is 23.4 Å². The van der Waals surface area contributed by atoms with E-state index in [0.29, 0.717) is 28.7 Å². The first-order chi connectivity index (χ1) is 20.5. The van der Waals surface area contributed by atoms with Crippen LogP contribution in [0.5, 0.6) is 5.75 Å². The van der Waals surface area contributed by atoms with Crippen LogP contribution < -0.4 is 9.64 Å². The molecule has 43 heavy (non-hydrogen) atoms. The SMILES string of the molecule is CCc1nc(-c2ccc(C=NN=C3SCC(=O)N3c3ccccc3C(C)C)cc2F)nn1-c1ccc(OC(F)(F)F)cc1. The third-order valence-electron chi connectivity index (χ3n) is 6.45. The monoisotopic (exact) mass is 610 g/mol. The Bertz CT molecular complexity index is 1700. The van der Waals surface area contributed by atoms with E-state index in [2.05, 4.69) is 38.9 Å². The number of alkyl halides is 3. The van der Waals surface area contributed by atoms with Gasteiger partial charge in [0.05, 0.1) is 28.9 Å². The van der Waals surface area contributed by atoms with E-state index in [0.717, 1.165) is 11.3 Å². The molecule has 1 aliphatic rings. The molecule has 1 amide bonds. The summed E-state index contributed by atoms with van der Waals surface area (Å²) in [5.41, 5.74) is 2.80. The summed E-state index contributed by atoms with van der Waals surface area (Å²) >= 11 is 1.28. The second kappa shape index (κ2) is 12.4. The number of ether oxygens (including phenoxy) is 1. The highest BCUT2D eigenvalue weighted by atomic mass is 32.2. The smallest absolute Gasteiger partial charge is 0.406 e. The van der Waals surface area contributed by atoms with Gasteiger partial charge in [-0.25, -0.2) is 14.1 Å². The fourth-order valence-electron chi connectivity index (χ4n) is 4.47. The summed E-state index contributed by atoms with van der Waals surface area (Å²) in [6, 6.07) is 17.2. The molecule has 1 fully saturated rings. The fourth-order valence-corrected chi connectivity index (χ4v) is 5.29. The number of hydrogen-bond donors (Lipinski definition) is 0. The topological polar surface area (TPSA) is 85.0 Å². The van der Waals surface area contributed by atoms with Crippen molar-refractivity contribution in [3.05, 3.63) is 89.5 Å². The molecular weight excluding hydrogens is 584 g/mol. The number of amidine groups is 1. The minimum absolute atomic E-state index is 0.0913. The Labute approximate surface area is 249 Å². The molecule has 2 heterocycles. The lowest BCUT2D eigenvalue weighted by molar-refractivity contribution is -0.274. The van der Waals surface area contributed by atoms with Crippen molar-refractivity contribution in [1.29, 1.82) is 0 Å². The van der Waals surface area contributed by atoms with E-state index in [1.165, 1.54) is 59.1 Å². The molecule has 5 rings (SSSR count). The number of aromatic nitrogens is 3. The largest absolute Gasteiger partial charge is 0.573 e. The van der Waals surface area contributed by atoms with Crippen LogP contribution in [0.25, 0.3) is 17.1 Å². The molecule has 0 spiro atoms. The molecule has 0 aliphatic carbocycles. The molecular formula is C30H26F4N6O2S. The highest BCUT2D eigenvalue weighted by Crippen LogP contribution is 2.33. The molecule has 0 radical (unpaired) electrons. The molecule has 1 aliphatic heterocycles. The molecule has 0 bridgehead atoms. The zero-order valence-electron chi connectivity index (χ0n) is 23.3. The minimum Gasteiger partial charge on any atom is -0.406 e. The molecule has 8 nitrogen and oxygen atoms in total. The molecule has 222 valence electrons. The van der Waals surface area contributed by atoms with Gasteiger partial charge in [-0.1, -0.05) is 56.8 Å². The van der Waals surface area contributed by atoms with Gasteiger partial charge in [0, 0.05) is 6.42 Å². The third kappa shape index (κ3) is 6.77. The summed E-state index contributed by atoms with van der Waals surface area (Å²) in [4.78, 5) is 18.7. The second-order valence-corrected chi connectivity index (χ2v) is 10.7. The highest BCUT2D eigenvalue weighted by molar-refractivity contribution is 8.15. The van der Waals surface area contributed by atoms with Gasteiger partial charge < -0.3 is 4.74 Å². The summed E-state index contributed by atoms with van der Waals surface area (Å²) in [5, 5.41) is 13.2. The van der Waals surface area contributed by atoms with Gasteiger partial charge in [-0.05, 0) is 59.5 Å². The number of carbonyl (C=O) groups is 1. The number of carbonyl (C=O) groups excluding carboxylic acids is 1. The number of aryl methyl sites for hydroxylation is 1. The average molecular weight is 611 g/mol.